The Bertz CT molecular complexity index is 387. The predicted octanol–water partition coefficient (Wildman–Crippen LogP) is 1.80. The summed E-state index contributed by atoms with van der Waals surface area (Å²) in [5, 5.41) is 3.31. The molecular formula is C15H26N2O2. The van der Waals surface area contributed by atoms with Crippen LogP contribution in [0.15, 0.2) is 0 Å². The average molecular weight is 266 g/mol. The average Bonchev–Trinajstić information content (AvgIpc) is 2.56. The number of hydrogen-bond donors (Lipinski definition) is 1. The first-order chi connectivity index (χ1) is 8.73. The number of carbonyl (C=O) groups is 2. The quantitative estimate of drug-likeness (QED) is 0.772. The molecular weight excluding hydrogens is 240 g/mol. The molecule has 0 aromatic rings. The lowest BCUT2D eigenvalue weighted by molar-refractivity contribution is -0.138. The van der Waals surface area contributed by atoms with Crippen LogP contribution in [0.5, 0.6) is 0 Å². The highest BCUT2D eigenvalue weighted by Crippen LogP contribution is 2.67. The van der Waals surface area contributed by atoms with Crippen molar-refractivity contribution in [1.82, 2.24) is 10.2 Å². The first-order valence-corrected chi connectivity index (χ1v) is 7.31. The van der Waals surface area contributed by atoms with Crippen LogP contribution in [0.4, 0.5) is 0 Å². The molecule has 108 valence electrons. The second-order valence-corrected chi connectivity index (χ2v) is 7.04. The van der Waals surface area contributed by atoms with Crippen molar-refractivity contribution in [1.29, 1.82) is 0 Å². The summed E-state index contributed by atoms with van der Waals surface area (Å²) in [6.45, 7) is 12.4. The zero-order chi connectivity index (χ0) is 14.4. The van der Waals surface area contributed by atoms with E-state index >= 15 is 0 Å². The third-order valence-corrected chi connectivity index (χ3v) is 5.58. The van der Waals surface area contributed by atoms with Gasteiger partial charge in [-0.2, -0.15) is 0 Å². The number of carbonyl (C=O) groups excluding carboxylic acids is 2. The molecule has 0 spiro atoms. The summed E-state index contributed by atoms with van der Waals surface area (Å²) in [7, 11) is 0. The molecule has 1 unspecified atom stereocenters. The molecule has 1 saturated heterocycles. The first kappa shape index (κ1) is 14.5. The standard InChI is InChI=1S/C15H26N2O2/c1-6-7-17-12(18)8-10(13(17)19)16-9-11-14(2,3)15(11,4)5/h10-11,16H,6-9H2,1-5H3. The van der Waals surface area contributed by atoms with Crippen LogP contribution in [0.1, 0.15) is 47.5 Å². The lowest BCUT2D eigenvalue weighted by Gasteiger charge is -2.14. The number of hydrogen-bond acceptors (Lipinski definition) is 3. The van der Waals surface area contributed by atoms with Crippen molar-refractivity contribution >= 4 is 11.8 Å². The Morgan fingerprint density at radius 3 is 2.26 bits per heavy atom. The molecule has 0 radical (unpaired) electrons. The molecule has 0 bridgehead atoms. The molecule has 2 amide bonds. The van der Waals surface area contributed by atoms with Crippen LogP contribution < -0.4 is 5.32 Å². The van der Waals surface area contributed by atoms with Gasteiger partial charge in [-0.1, -0.05) is 34.6 Å². The summed E-state index contributed by atoms with van der Waals surface area (Å²) in [4.78, 5) is 25.3. The van der Waals surface area contributed by atoms with E-state index in [1.165, 1.54) is 4.90 Å². The van der Waals surface area contributed by atoms with E-state index in [1.54, 1.807) is 0 Å². The predicted molar refractivity (Wildman–Crippen MR) is 74.5 cm³/mol. The van der Waals surface area contributed by atoms with E-state index in [0.29, 0.717) is 29.7 Å². The van der Waals surface area contributed by atoms with E-state index in [1.807, 2.05) is 6.92 Å². The minimum atomic E-state index is -0.300. The number of rotatable bonds is 5. The van der Waals surface area contributed by atoms with Gasteiger partial charge in [0.2, 0.25) is 11.8 Å². The van der Waals surface area contributed by atoms with Crippen LogP contribution in [0.3, 0.4) is 0 Å². The Morgan fingerprint density at radius 1 is 1.21 bits per heavy atom. The molecule has 19 heavy (non-hydrogen) atoms. The van der Waals surface area contributed by atoms with E-state index in [2.05, 4.69) is 33.0 Å². The Morgan fingerprint density at radius 2 is 1.79 bits per heavy atom. The number of imide groups is 1. The Balaban J connectivity index is 1.89. The minimum Gasteiger partial charge on any atom is -0.305 e. The fourth-order valence-corrected chi connectivity index (χ4v) is 3.40. The molecule has 1 N–H and O–H groups in total. The Kier molecular flexibility index (Phi) is 3.50. The van der Waals surface area contributed by atoms with Gasteiger partial charge in [0.25, 0.3) is 0 Å². The maximum atomic E-state index is 12.1. The minimum absolute atomic E-state index is 0.0290. The molecule has 0 aromatic heterocycles. The zero-order valence-corrected chi connectivity index (χ0v) is 12.7. The fraction of sp³-hybridized carbons (Fsp3) is 0.867. The van der Waals surface area contributed by atoms with Gasteiger partial charge in [-0.3, -0.25) is 14.5 Å². The van der Waals surface area contributed by atoms with Crippen molar-refractivity contribution in [2.75, 3.05) is 13.1 Å². The second-order valence-electron chi connectivity index (χ2n) is 7.04. The number of nitrogens with one attached hydrogen (secondary N) is 1. The topological polar surface area (TPSA) is 49.4 Å². The zero-order valence-electron chi connectivity index (χ0n) is 12.7. The number of likely N-dealkylation sites (tertiary alicyclic amines) is 1. The van der Waals surface area contributed by atoms with Crippen LogP contribution in [0.25, 0.3) is 0 Å². The summed E-state index contributed by atoms with van der Waals surface area (Å²) in [6, 6.07) is -0.300. The van der Waals surface area contributed by atoms with E-state index in [9.17, 15) is 9.59 Å². The van der Waals surface area contributed by atoms with Crippen LogP contribution in [0.2, 0.25) is 0 Å². The molecule has 2 rings (SSSR count). The second kappa shape index (κ2) is 4.58. The van der Waals surface area contributed by atoms with Gasteiger partial charge in [0.15, 0.2) is 0 Å². The van der Waals surface area contributed by atoms with Gasteiger partial charge in [0.1, 0.15) is 0 Å². The summed E-state index contributed by atoms with van der Waals surface area (Å²) in [5.41, 5.74) is 0.629. The van der Waals surface area contributed by atoms with E-state index in [-0.39, 0.29) is 17.9 Å². The van der Waals surface area contributed by atoms with Crippen molar-refractivity contribution in [3.63, 3.8) is 0 Å². The summed E-state index contributed by atoms with van der Waals surface area (Å²) >= 11 is 0. The van der Waals surface area contributed by atoms with Crippen LogP contribution >= 0.6 is 0 Å². The summed E-state index contributed by atoms with van der Waals surface area (Å²) < 4.78 is 0. The molecule has 1 saturated carbocycles. The van der Waals surface area contributed by atoms with Gasteiger partial charge in [-0.05, 0) is 29.7 Å². The summed E-state index contributed by atoms with van der Waals surface area (Å²) in [6.07, 6.45) is 1.15. The van der Waals surface area contributed by atoms with E-state index < -0.39 is 0 Å². The first-order valence-electron chi connectivity index (χ1n) is 7.31. The Hall–Kier alpha value is -0.900. The molecule has 2 fully saturated rings. The van der Waals surface area contributed by atoms with Gasteiger partial charge in [0, 0.05) is 6.54 Å². The lowest BCUT2D eigenvalue weighted by atomic mass is 10.0. The van der Waals surface area contributed by atoms with E-state index in [0.717, 1.165) is 13.0 Å². The van der Waals surface area contributed by atoms with Crippen molar-refractivity contribution in [3.8, 4) is 0 Å². The van der Waals surface area contributed by atoms with Crippen LogP contribution in [-0.2, 0) is 9.59 Å². The van der Waals surface area contributed by atoms with Gasteiger partial charge in [-0.25, -0.2) is 0 Å². The van der Waals surface area contributed by atoms with Gasteiger partial charge >= 0.3 is 0 Å². The summed E-state index contributed by atoms with van der Waals surface area (Å²) in [5.74, 6) is 0.505. The highest BCUT2D eigenvalue weighted by molar-refractivity contribution is 6.05. The highest BCUT2D eigenvalue weighted by atomic mass is 16.2. The number of amides is 2. The molecule has 1 atom stereocenters. The SMILES string of the molecule is CCCN1C(=O)CC(NCC2C(C)(C)C2(C)C)C1=O. The molecule has 1 aliphatic heterocycles. The smallest absolute Gasteiger partial charge is 0.246 e. The molecule has 4 nitrogen and oxygen atoms in total. The maximum Gasteiger partial charge on any atom is 0.246 e. The molecule has 1 aliphatic carbocycles. The van der Waals surface area contributed by atoms with Gasteiger partial charge in [-0.15, -0.1) is 0 Å². The molecule has 0 aromatic carbocycles. The van der Waals surface area contributed by atoms with Crippen molar-refractivity contribution in [2.45, 2.75) is 53.5 Å². The van der Waals surface area contributed by atoms with Gasteiger partial charge in [0.05, 0.1) is 12.5 Å². The maximum absolute atomic E-state index is 12.1. The van der Waals surface area contributed by atoms with Crippen LogP contribution in [0, 0.1) is 16.7 Å². The lowest BCUT2D eigenvalue weighted by Crippen LogP contribution is -2.40. The molecule has 1 heterocycles. The largest absolute Gasteiger partial charge is 0.305 e. The van der Waals surface area contributed by atoms with Crippen molar-refractivity contribution in [2.24, 2.45) is 16.7 Å². The van der Waals surface area contributed by atoms with Crippen molar-refractivity contribution in [3.05, 3.63) is 0 Å². The molecule has 2 aliphatic rings. The third kappa shape index (κ3) is 2.20. The highest BCUT2D eigenvalue weighted by Gasteiger charge is 2.64. The van der Waals surface area contributed by atoms with E-state index in [4.69, 9.17) is 0 Å². The van der Waals surface area contributed by atoms with Gasteiger partial charge < -0.3 is 5.32 Å². The third-order valence-electron chi connectivity index (χ3n) is 5.58. The fourth-order valence-electron chi connectivity index (χ4n) is 3.40. The van der Waals surface area contributed by atoms with Crippen molar-refractivity contribution < 1.29 is 9.59 Å². The monoisotopic (exact) mass is 266 g/mol. The molecule has 4 heteroatoms. The normalized spacial score (nSPS) is 29.1. The Labute approximate surface area is 115 Å². The number of nitrogens with zero attached hydrogens (tertiary/aromatic N) is 1. The van der Waals surface area contributed by atoms with Crippen LogP contribution in [-0.4, -0.2) is 35.8 Å².